The summed E-state index contributed by atoms with van der Waals surface area (Å²) in [4.78, 5) is 29.1. The van der Waals surface area contributed by atoms with Gasteiger partial charge in [-0.2, -0.15) is 0 Å². The fourth-order valence-electron chi connectivity index (χ4n) is 3.67. The van der Waals surface area contributed by atoms with Crippen LogP contribution in [0.3, 0.4) is 0 Å². The maximum Gasteiger partial charge on any atom is 0.253 e. The van der Waals surface area contributed by atoms with Gasteiger partial charge in [-0.25, -0.2) is 0 Å². The van der Waals surface area contributed by atoms with Crippen molar-refractivity contribution in [2.75, 3.05) is 26.2 Å². The first-order valence-corrected chi connectivity index (χ1v) is 12.3. The molecule has 0 aliphatic carbocycles. The predicted octanol–water partition coefficient (Wildman–Crippen LogP) is 5.61. The Labute approximate surface area is 205 Å². The predicted molar refractivity (Wildman–Crippen MR) is 140 cm³/mol. The van der Waals surface area contributed by atoms with Gasteiger partial charge in [-0.15, -0.1) is 0 Å². The van der Waals surface area contributed by atoms with Gasteiger partial charge in [0.15, 0.2) is 0 Å². The van der Waals surface area contributed by atoms with E-state index in [0.717, 1.165) is 63.0 Å². The number of nitrogens with zero attached hydrogens (tertiary/aromatic N) is 2. The van der Waals surface area contributed by atoms with Crippen LogP contribution in [0.1, 0.15) is 85.2 Å². The second kappa shape index (κ2) is 14.6. The van der Waals surface area contributed by atoms with Gasteiger partial charge in [-0.05, 0) is 86.1 Å². The van der Waals surface area contributed by atoms with Gasteiger partial charge in [0.2, 0.25) is 0 Å². The lowest BCUT2D eigenvalue weighted by molar-refractivity contribution is 0.0748. The molecule has 0 spiro atoms. The molecule has 0 bridgehead atoms. The number of hydrogen-bond acceptors (Lipinski definition) is 2. The van der Waals surface area contributed by atoms with E-state index in [1.54, 1.807) is 0 Å². The van der Waals surface area contributed by atoms with Crippen molar-refractivity contribution in [1.82, 2.24) is 9.80 Å². The molecule has 0 heterocycles. The van der Waals surface area contributed by atoms with Crippen LogP contribution in [0.2, 0.25) is 0 Å². The minimum atomic E-state index is 0.0671. The van der Waals surface area contributed by atoms with Crippen LogP contribution in [0.4, 0.5) is 0 Å². The number of amides is 2. The van der Waals surface area contributed by atoms with Crippen molar-refractivity contribution in [1.29, 1.82) is 0 Å². The lowest BCUT2D eigenvalue weighted by Crippen LogP contribution is -2.32. The molecule has 178 valence electrons. The molecule has 2 aromatic rings. The summed E-state index contributed by atoms with van der Waals surface area (Å²) in [7, 11) is 0. The van der Waals surface area contributed by atoms with E-state index in [-0.39, 0.29) is 11.8 Å². The molecule has 0 saturated carbocycles. The lowest BCUT2D eigenvalue weighted by Gasteiger charge is -2.21. The zero-order valence-corrected chi connectivity index (χ0v) is 21.0. The summed E-state index contributed by atoms with van der Waals surface area (Å²) in [6, 6.07) is 14.7. The van der Waals surface area contributed by atoms with Crippen molar-refractivity contribution >= 4 is 11.8 Å². The van der Waals surface area contributed by atoms with E-state index in [0.29, 0.717) is 11.1 Å². The topological polar surface area (TPSA) is 40.6 Å². The van der Waals surface area contributed by atoms with E-state index in [2.05, 4.69) is 51.4 Å². The van der Waals surface area contributed by atoms with Crippen LogP contribution in [-0.2, 0) is 0 Å². The smallest absolute Gasteiger partial charge is 0.253 e. The summed E-state index contributed by atoms with van der Waals surface area (Å²) in [6.07, 6.45) is 3.79. The summed E-state index contributed by atoms with van der Waals surface area (Å²) >= 11 is 0. The van der Waals surface area contributed by atoms with Gasteiger partial charge in [0.1, 0.15) is 0 Å². The summed E-state index contributed by atoms with van der Waals surface area (Å²) < 4.78 is 0. The highest BCUT2D eigenvalue weighted by atomic mass is 16.2. The van der Waals surface area contributed by atoms with Gasteiger partial charge in [-0.1, -0.05) is 39.5 Å². The van der Waals surface area contributed by atoms with Crippen molar-refractivity contribution in [3.63, 3.8) is 0 Å². The van der Waals surface area contributed by atoms with Crippen LogP contribution in [0, 0.1) is 23.7 Å². The van der Waals surface area contributed by atoms with Gasteiger partial charge in [0.25, 0.3) is 11.8 Å². The second-order valence-corrected chi connectivity index (χ2v) is 8.24. The maximum absolute atomic E-state index is 12.7. The van der Waals surface area contributed by atoms with Crippen LogP contribution >= 0.6 is 0 Å². The van der Waals surface area contributed by atoms with Gasteiger partial charge in [0.05, 0.1) is 0 Å². The minimum Gasteiger partial charge on any atom is -0.339 e. The largest absolute Gasteiger partial charge is 0.339 e. The third-order valence-electron chi connectivity index (χ3n) is 5.29. The molecule has 2 rings (SSSR count). The van der Waals surface area contributed by atoms with Gasteiger partial charge in [0, 0.05) is 48.4 Å². The molecule has 0 fully saturated rings. The normalized spacial score (nSPS) is 9.88. The molecule has 0 radical (unpaired) electrons. The molecule has 0 N–H and O–H groups in total. The van der Waals surface area contributed by atoms with E-state index >= 15 is 0 Å². The SMILES string of the molecule is CCCN(CCC)C(=O)c1ccc(C#CC#Cc2ccc(C(=O)N(CCC)CCC)cc2)cc1. The molecule has 0 saturated heterocycles. The first kappa shape index (κ1) is 26.7. The van der Waals surface area contributed by atoms with Gasteiger partial charge >= 0.3 is 0 Å². The summed E-state index contributed by atoms with van der Waals surface area (Å²) in [5, 5.41) is 0. The van der Waals surface area contributed by atoms with E-state index in [9.17, 15) is 9.59 Å². The number of benzene rings is 2. The molecular weight excluding hydrogens is 420 g/mol. The molecule has 2 amide bonds. The highest BCUT2D eigenvalue weighted by Crippen LogP contribution is 2.10. The van der Waals surface area contributed by atoms with Gasteiger partial charge in [-0.3, -0.25) is 9.59 Å². The maximum atomic E-state index is 12.7. The summed E-state index contributed by atoms with van der Waals surface area (Å²) in [6.45, 7) is 11.4. The molecule has 34 heavy (non-hydrogen) atoms. The van der Waals surface area contributed by atoms with Crippen molar-refractivity contribution in [3.8, 4) is 23.7 Å². The van der Waals surface area contributed by atoms with Crippen LogP contribution in [0.25, 0.3) is 0 Å². The number of hydrogen-bond donors (Lipinski definition) is 0. The molecule has 0 aromatic heterocycles. The van der Waals surface area contributed by atoms with Crippen LogP contribution in [-0.4, -0.2) is 47.8 Å². The Bertz CT molecular complexity index is 948. The third kappa shape index (κ3) is 8.13. The van der Waals surface area contributed by atoms with Gasteiger partial charge < -0.3 is 9.80 Å². The molecule has 4 nitrogen and oxygen atoms in total. The average Bonchev–Trinajstić information content (AvgIpc) is 2.86. The van der Waals surface area contributed by atoms with Crippen LogP contribution in [0.5, 0.6) is 0 Å². The first-order valence-electron chi connectivity index (χ1n) is 12.3. The highest BCUT2D eigenvalue weighted by Gasteiger charge is 2.14. The Balaban J connectivity index is 2.02. The first-order chi connectivity index (χ1) is 16.5. The van der Waals surface area contributed by atoms with Crippen molar-refractivity contribution < 1.29 is 9.59 Å². The molecule has 4 heteroatoms. The fourth-order valence-corrected chi connectivity index (χ4v) is 3.67. The Morgan fingerprint density at radius 1 is 0.559 bits per heavy atom. The molecular formula is C30H36N2O2. The van der Waals surface area contributed by atoms with E-state index in [1.807, 2.05) is 58.3 Å². The van der Waals surface area contributed by atoms with E-state index < -0.39 is 0 Å². The monoisotopic (exact) mass is 456 g/mol. The highest BCUT2D eigenvalue weighted by molar-refractivity contribution is 5.94. The van der Waals surface area contributed by atoms with Crippen LogP contribution in [0.15, 0.2) is 48.5 Å². The second-order valence-electron chi connectivity index (χ2n) is 8.24. The third-order valence-corrected chi connectivity index (χ3v) is 5.29. The molecule has 0 aliphatic heterocycles. The lowest BCUT2D eigenvalue weighted by atomic mass is 10.1. The van der Waals surface area contributed by atoms with Crippen LogP contribution < -0.4 is 0 Å². The molecule has 0 atom stereocenters. The van der Waals surface area contributed by atoms with E-state index in [4.69, 9.17) is 0 Å². The molecule has 0 unspecified atom stereocenters. The van der Waals surface area contributed by atoms with Crippen molar-refractivity contribution in [2.24, 2.45) is 0 Å². The Morgan fingerprint density at radius 3 is 1.12 bits per heavy atom. The van der Waals surface area contributed by atoms with E-state index in [1.165, 1.54) is 0 Å². The average molecular weight is 457 g/mol. The Hall–Kier alpha value is -3.50. The Kier molecular flexibility index (Phi) is 11.5. The zero-order chi connectivity index (χ0) is 24.8. The number of rotatable bonds is 10. The standard InChI is InChI=1S/C30H36N2O2/c1-5-21-31(22-6-2)29(33)27-17-13-25(14-18-27)11-9-10-12-26-15-19-28(20-16-26)30(34)32(23-7-3)24-8-4/h13-20H,5-8,21-24H2,1-4H3. The Morgan fingerprint density at radius 2 is 0.853 bits per heavy atom. The summed E-state index contributed by atoms with van der Waals surface area (Å²) in [5.74, 6) is 11.9. The fraction of sp³-hybridized carbons (Fsp3) is 0.400. The minimum absolute atomic E-state index is 0.0671. The number of carbonyl (C=O) groups excluding carboxylic acids is 2. The zero-order valence-electron chi connectivity index (χ0n) is 21.0. The molecule has 2 aromatic carbocycles. The van der Waals surface area contributed by atoms with Crippen molar-refractivity contribution in [3.05, 3.63) is 70.8 Å². The quantitative estimate of drug-likeness (QED) is 0.436. The molecule has 0 aliphatic rings. The summed E-state index contributed by atoms with van der Waals surface area (Å²) in [5.41, 5.74) is 3.00. The number of carbonyl (C=O) groups is 2. The van der Waals surface area contributed by atoms with Crippen molar-refractivity contribution in [2.45, 2.75) is 53.4 Å².